The minimum Gasteiger partial charge on any atom is -0.475 e. The normalized spacial score (nSPS) is 23.7. The third-order valence-corrected chi connectivity index (χ3v) is 10.7. The third kappa shape index (κ3) is 21.9. The molecular weight excluding hydrogens is 1060 g/mol. The fourth-order valence-electron chi connectivity index (χ4n) is 7.08. The van der Waals surface area contributed by atoms with E-state index in [9.17, 15) is 62.9 Å². The first-order chi connectivity index (χ1) is 35.1. The highest BCUT2D eigenvalue weighted by Crippen LogP contribution is 2.30. The fourth-order valence-corrected chi connectivity index (χ4v) is 7.08. The number of alkyl halides is 12. The van der Waals surface area contributed by atoms with Gasteiger partial charge in [-0.05, 0) is 64.8 Å². The highest BCUT2D eigenvalue weighted by molar-refractivity contribution is 5.83. The van der Waals surface area contributed by atoms with Gasteiger partial charge in [0, 0.05) is 31.8 Å². The Balaban J connectivity index is 0.000000575. The predicted octanol–water partition coefficient (Wildman–Crippen LogP) is 5.04. The molecule has 0 aromatic heterocycles. The average Bonchev–Trinajstić information content (AvgIpc) is 3.32. The predicted molar refractivity (Wildman–Crippen MR) is 242 cm³/mol. The molecule has 0 spiro atoms. The zero-order chi connectivity index (χ0) is 57.9. The van der Waals surface area contributed by atoms with E-state index < -0.39 is 110 Å². The van der Waals surface area contributed by atoms with E-state index >= 15 is 0 Å². The van der Waals surface area contributed by atoms with Crippen molar-refractivity contribution in [2.45, 2.75) is 118 Å². The van der Waals surface area contributed by atoms with Gasteiger partial charge in [0.15, 0.2) is 6.29 Å². The zero-order valence-corrected chi connectivity index (χ0v) is 39.3. The van der Waals surface area contributed by atoms with Crippen LogP contribution in [0.25, 0.3) is 21.5 Å². The van der Waals surface area contributed by atoms with Crippen LogP contribution in [0.5, 0.6) is 0 Å². The Kier molecular flexibility index (Phi) is 25.7. The quantitative estimate of drug-likeness (QED) is 0.0619. The number of ether oxygens (including phenoxy) is 4. The fraction of sp³-hybridized carbons (Fsp3) is 0.478. The summed E-state index contributed by atoms with van der Waals surface area (Å²) in [6.07, 6.45) is -23.0. The topological polar surface area (TPSA) is 331 Å². The van der Waals surface area contributed by atoms with Gasteiger partial charge in [0.25, 0.3) is 0 Å². The minimum atomic E-state index is -5.08. The lowest BCUT2D eigenvalue weighted by molar-refractivity contribution is -0.294. The van der Waals surface area contributed by atoms with Gasteiger partial charge in [-0.1, -0.05) is 84.9 Å². The summed E-state index contributed by atoms with van der Waals surface area (Å²) in [6.45, 7) is 0.833. The van der Waals surface area contributed by atoms with Crippen LogP contribution in [0.3, 0.4) is 0 Å². The van der Waals surface area contributed by atoms with Crippen LogP contribution in [0, 0.1) is 0 Å². The molecule has 4 aromatic carbocycles. The molecule has 6 rings (SSSR count). The molecule has 4 aromatic rings. The van der Waals surface area contributed by atoms with E-state index in [0.717, 1.165) is 25.7 Å². The average molecular weight is 1110 g/mol. The number of aliphatic hydroxyl groups is 2. The molecule has 1 aliphatic heterocycles. The summed E-state index contributed by atoms with van der Waals surface area (Å²) < 4.78 is 152. The van der Waals surface area contributed by atoms with Gasteiger partial charge >= 0.3 is 48.6 Å². The Labute approximate surface area is 423 Å². The molecule has 18 nitrogen and oxygen atoms in total. The molecule has 0 unspecified atom stereocenters. The lowest BCUT2D eigenvalue weighted by Gasteiger charge is -2.47. The lowest BCUT2D eigenvalue weighted by atomic mass is 9.84. The number of carboxylic acids is 4. The summed E-state index contributed by atoms with van der Waals surface area (Å²) in [4.78, 5) is 35.6. The number of rotatable bonds is 13. The van der Waals surface area contributed by atoms with Crippen molar-refractivity contribution in [3.63, 3.8) is 0 Å². The molecule has 1 saturated carbocycles. The number of benzene rings is 4. The van der Waals surface area contributed by atoms with Crippen molar-refractivity contribution in [2.24, 2.45) is 22.9 Å². The van der Waals surface area contributed by atoms with Crippen LogP contribution in [-0.4, -0.2) is 160 Å². The molecule has 14 N–H and O–H groups in total. The van der Waals surface area contributed by atoms with E-state index in [0.29, 0.717) is 19.6 Å². The number of aliphatic hydroxyl groups excluding tert-OH is 2. The van der Waals surface area contributed by atoms with Crippen LogP contribution in [0.4, 0.5) is 52.7 Å². The molecule has 1 aliphatic carbocycles. The maximum atomic E-state index is 11.4. The number of fused-ring (bicyclic) bond motifs is 2. The molecular formula is C46H54F12N4O14. The van der Waals surface area contributed by atoms with E-state index in [-0.39, 0.29) is 6.54 Å². The van der Waals surface area contributed by atoms with Gasteiger partial charge in [-0.25, -0.2) is 19.2 Å². The van der Waals surface area contributed by atoms with Crippen LogP contribution in [0.2, 0.25) is 0 Å². The number of hydrogen-bond acceptors (Lipinski definition) is 14. The van der Waals surface area contributed by atoms with Crippen molar-refractivity contribution in [3.8, 4) is 0 Å². The van der Waals surface area contributed by atoms with Gasteiger partial charge in [0.2, 0.25) is 0 Å². The van der Waals surface area contributed by atoms with Gasteiger partial charge in [-0.15, -0.1) is 0 Å². The zero-order valence-electron chi connectivity index (χ0n) is 39.3. The van der Waals surface area contributed by atoms with Crippen LogP contribution < -0.4 is 22.9 Å². The number of nitrogens with two attached hydrogens (primary N) is 4. The molecule has 0 amide bonds. The Morgan fingerprint density at radius 1 is 0.526 bits per heavy atom. The minimum absolute atomic E-state index is 0.0395. The third-order valence-electron chi connectivity index (χ3n) is 10.7. The summed E-state index contributed by atoms with van der Waals surface area (Å²) >= 11 is 0. The largest absolute Gasteiger partial charge is 0.490 e. The molecule has 0 radical (unpaired) electrons. The Hall–Kier alpha value is -5.96. The van der Waals surface area contributed by atoms with Crippen molar-refractivity contribution in [1.29, 1.82) is 0 Å². The number of carboxylic acid groups (broad SMARTS) is 4. The van der Waals surface area contributed by atoms with E-state index in [1.165, 1.54) is 32.7 Å². The SMILES string of the molecule is NC[C@H]1O[C@H](O[C@H]2[C@H](O)[C@@H](OCCCc3ccc4ccccc4c3)[C@H](N)C[C@@H]2N)[C@H](N)[C@@H](OCCCc2ccc3ccccc3c2)[C@@H]1O.O=C(O)C(F)(F)F.O=C(O)C(F)(F)F.O=C(O)C(F)(F)F.O=C(O)C(F)(F)F. The van der Waals surface area contributed by atoms with Gasteiger partial charge in [-0.2, -0.15) is 52.7 Å². The summed E-state index contributed by atoms with van der Waals surface area (Å²) in [5, 5.41) is 55.7. The molecule has 30 heteroatoms. The maximum Gasteiger partial charge on any atom is 0.490 e. The first-order valence-corrected chi connectivity index (χ1v) is 22.1. The number of carbonyl (C=O) groups is 4. The van der Waals surface area contributed by atoms with E-state index in [4.69, 9.17) is 81.5 Å². The second-order valence-electron chi connectivity index (χ2n) is 16.5. The number of halogens is 12. The van der Waals surface area contributed by atoms with E-state index in [1.54, 1.807) is 0 Å². The lowest BCUT2D eigenvalue weighted by Crippen LogP contribution is -2.68. The number of aryl methyl sites for hydroxylation is 2. The number of aliphatic carboxylic acids is 4. The standard InChI is InChI=1S/C38H50N4O6.4C2HF3O2/c39-22-31-33(43)37(46-18-6-8-24-14-16-26-10-2-4-12-28(26)20-24)32(42)38(47-31)48-36-30(41)21-29(40)35(34(36)44)45-17-5-7-23-13-15-25-9-1-3-11-27(25)19-23;4*3-2(4,5)1(6)7/h1-4,9-16,19-20,29-38,43-44H,5-8,17-18,21-22,39-42H2;4*(H,6,7)/t29-,30+,31-,32-,33-,34-,35+,36-,37-,38-;;;;/m1..../s1. The van der Waals surface area contributed by atoms with Crippen LogP contribution in [0.1, 0.15) is 30.4 Å². The monoisotopic (exact) mass is 1110 g/mol. The molecule has 426 valence electrons. The summed E-state index contributed by atoms with van der Waals surface area (Å²) in [5.74, 6) is -11.0. The maximum absolute atomic E-state index is 11.4. The van der Waals surface area contributed by atoms with Gasteiger partial charge in [-0.3, -0.25) is 0 Å². The Morgan fingerprint density at radius 2 is 0.868 bits per heavy atom. The first kappa shape index (κ1) is 66.2. The van der Waals surface area contributed by atoms with Crippen LogP contribution in [-0.2, 0) is 51.0 Å². The highest BCUT2D eigenvalue weighted by Gasteiger charge is 2.49. The van der Waals surface area contributed by atoms with Gasteiger partial charge < -0.3 is 72.5 Å². The van der Waals surface area contributed by atoms with Crippen LogP contribution in [0.15, 0.2) is 84.9 Å². The van der Waals surface area contributed by atoms with Gasteiger partial charge in [0.1, 0.15) is 36.6 Å². The summed E-state index contributed by atoms with van der Waals surface area (Å²) in [7, 11) is 0. The smallest absolute Gasteiger partial charge is 0.475 e. The molecule has 10 atom stereocenters. The molecule has 1 saturated heterocycles. The van der Waals surface area contributed by atoms with Crippen molar-refractivity contribution in [3.05, 3.63) is 96.1 Å². The molecule has 2 aliphatic rings. The summed E-state index contributed by atoms with van der Waals surface area (Å²) in [6, 6.07) is 27.5. The number of hydrogen-bond donors (Lipinski definition) is 10. The van der Waals surface area contributed by atoms with Crippen molar-refractivity contribution in [1.82, 2.24) is 0 Å². The first-order valence-electron chi connectivity index (χ1n) is 22.1. The molecule has 2 fully saturated rings. The van der Waals surface area contributed by atoms with Crippen molar-refractivity contribution in [2.75, 3.05) is 19.8 Å². The second kappa shape index (κ2) is 29.5. The summed E-state index contributed by atoms with van der Waals surface area (Å²) in [5.41, 5.74) is 27.8. The second-order valence-corrected chi connectivity index (χ2v) is 16.5. The molecule has 76 heavy (non-hydrogen) atoms. The van der Waals surface area contributed by atoms with E-state index in [1.807, 2.05) is 24.3 Å². The highest BCUT2D eigenvalue weighted by atomic mass is 19.4. The van der Waals surface area contributed by atoms with Gasteiger partial charge in [0.05, 0.1) is 6.04 Å². The Morgan fingerprint density at radius 3 is 1.22 bits per heavy atom. The van der Waals surface area contributed by atoms with Crippen LogP contribution >= 0.6 is 0 Å². The van der Waals surface area contributed by atoms with Crippen molar-refractivity contribution < 1.29 is 121 Å². The van der Waals surface area contributed by atoms with Crippen molar-refractivity contribution >= 4 is 45.4 Å². The molecule has 0 bridgehead atoms. The van der Waals surface area contributed by atoms with E-state index in [2.05, 4.69) is 60.7 Å². The molecule has 1 heterocycles. The Bertz CT molecular complexity index is 2370.